The average Bonchev–Trinajstić information content (AvgIpc) is 3.19. The lowest BCUT2D eigenvalue weighted by molar-refractivity contribution is 0.260. The van der Waals surface area contributed by atoms with Crippen molar-refractivity contribution in [3.05, 3.63) is 59.3 Å². The molecule has 0 radical (unpaired) electrons. The Labute approximate surface area is 170 Å². The molecule has 1 aliphatic rings. The van der Waals surface area contributed by atoms with Gasteiger partial charge in [0.15, 0.2) is 0 Å². The second-order valence-electron chi connectivity index (χ2n) is 7.26. The first-order valence-electron chi connectivity index (χ1n) is 9.77. The number of ether oxygens (including phenoxy) is 1. The standard InChI is InChI=1S/C23H23N5O/c1-29-23-13-18(15-25)3-5-22(23)28-10-8-27(9-11-28)7-6-19-16-26-21-4-2-17(14-24)12-20(19)21/h2-5,12-13,16,26H,6-11H2,1H3. The van der Waals surface area contributed by atoms with Crippen LogP contribution in [0.1, 0.15) is 16.7 Å². The molecular formula is C23H23N5O. The van der Waals surface area contributed by atoms with Crippen LogP contribution in [0.15, 0.2) is 42.6 Å². The molecule has 0 aliphatic carbocycles. The molecular weight excluding hydrogens is 362 g/mol. The fourth-order valence-corrected chi connectivity index (χ4v) is 3.95. The summed E-state index contributed by atoms with van der Waals surface area (Å²) in [4.78, 5) is 8.10. The summed E-state index contributed by atoms with van der Waals surface area (Å²) in [5.41, 5.74) is 4.70. The number of anilines is 1. The molecule has 29 heavy (non-hydrogen) atoms. The maximum Gasteiger partial charge on any atom is 0.143 e. The zero-order chi connectivity index (χ0) is 20.2. The van der Waals surface area contributed by atoms with Crippen molar-refractivity contribution in [1.29, 1.82) is 10.5 Å². The lowest BCUT2D eigenvalue weighted by atomic mass is 10.1. The number of hydrogen-bond donors (Lipinski definition) is 1. The highest BCUT2D eigenvalue weighted by molar-refractivity contribution is 5.84. The van der Waals surface area contributed by atoms with Gasteiger partial charge in [-0.05, 0) is 42.3 Å². The zero-order valence-electron chi connectivity index (χ0n) is 16.5. The maximum absolute atomic E-state index is 9.15. The highest BCUT2D eigenvalue weighted by atomic mass is 16.5. The van der Waals surface area contributed by atoms with Crippen molar-refractivity contribution >= 4 is 16.6 Å². The van der Waals surface area contributed by atoms with Crippen LogP contribution in [0.3, 0.4) is 0 Å². The van der Waals surface area contributed by atoms with Crippen LogP contribution in [-0.4, -0.2) is 49.7 Å². The number of fused-ring (bicyclic) bond motifs is 1. The molecule has 0 atom stereocenters. The predicted octanol–water partition coefficient (Wildman–Crippen LogP) is 3.28. The SMILES string of the molecule is COc1cc(C#N)ccc1N1CCN(CCc2c[nH]c3ccc(C#N)cc23)CC1. The minimum absolute atomic E-state index is 0.613. The van der Waals surface area contributed by atoms with E-state index in [4.69, 9.17) is 15.3 Å². The Hall–Kier alpha value is -3.48. The maximum atomic E-state index is 9.15. The molecule has 1 fully saturated rings. The first kappa shape index (κ1) is 18.9. The van der Waals surface area contributed by atoms with Gasteiger partial charge in [0.1, 0.15) is 5.75 Å². The van der Waals surface area contributed by atoms with E-state index >= 15 is 0 Å². The van der Waals surface area contributed by atoms with Crippen molar-refractivity contribution in [3.8, 4) is 17.9 Å². The van der Waals surface area contributed by atoms with Crippen molar-refractivity contribution in [3.63, 3.8) is 0 Å². The van der Waals surface area contributed by atoms with E-state index in [1.807, 2.05) is 30.3 Å². The zero-order valence-corrected chi connectivity index (χ0v) is 16.5. The molecule has 0 spiro atoms. The third-order valence-corrected chi connectivity index (χ3v) is 5.62. The van der Waals surface area contributed by atoms with Crippen LogP contribution in [0.5, 0.6) is 5.75 Å². The topological polar surface area (TPSA) is 79.1 Å². The molecule has 0 bridgehead atoms. The molecule has 2 heterocycles. The van der Waals surface area contributed by atoms with Crippen molar-refractivity contribution in [2.45, 2.75) is 6.42 Å². The Morgan fingerprint density at radius 1 is 1.00 bits per heavy atom. The second-order valence-corrected chi connectivity index (χ2v) is 7.26. The Bertz CT molecular complexity index is 1100. The van der Waals surface area contributed by atoms with Crippen LogP contribution in [0.4, 0.5) is 5.69 Å². The third kappa shape index (κ3) is 3.89. The van der Waals surface area contributed by atoms with Crippen molar-refractivity contribution in [2.24, 2.45) is 0 Å². The van der Waals surface area contributed by atoms with Crippen LogP contribution in [0.2, 0.25) is 0 Å². The van der Waals surface area contributed by atoms with Gasteiger partial charge in [0, 0.05) is 55.9 Å². The first-order valence-corrected chi connectivity index (χ1v) is 9.77. The second kappa shape index (κ2) is 8.26. The van der Waals surface area contributed by atoms with Crippen LogP contribution in [-0.2, 0) is 6.42 Å². The number of nitrogens with one attached hydrogen (secondary N) is 1. The highest BCUT2D eigenvalue weighted by Crippen LogP contribution is 2.30. The van der Waals surface area contributed by atoms with Gasteiger partial charge in [-0.15, -0.1) is 0 Å². The molecule has 3 aromatic rings. The number of H-pyrrole nitrogens is 1. The molecule has 1 aromatic heterocycles. The van der Waals surface area contributed by atoms with E-state index in [2.05, 4.69) is 33.1 Å². The van der Waals surface area contributed by atoms with Crippen LogP contribution in [0, 0.1) is 22.7 Å². The molecule has 1 N–H and O–H groups in total. The van der Waals surface area contributed by atoms with E-state index < -0.39 is 0 Å². The average molecular weight is 385 g/mol. The Balaban J connectivity index is 1.38. The van der Waals surface area contributed by atoms with Gasteiger partial charge in [-0.1, -0.05) is 0 Å². The van der Waals surface area contributed by atoms with E-state index in [1.165, 1.54) is 5.56 Å². The predicted molar refractivity (Wildman–Crippen MR) is 113 cm³/mol. The molecule has 4 rings (SSSR count). The first-order chi connectivity index (χ1) is 14.2. The number of methoxy groups -OCH3 is 1. The van der Waals surface area contributed by atoms with Gasteiger partial charge in [-0.25, -0.2) is 0 Å². The molecule has 6 heteroatoms. The van der Waals surface area contributed by atoms with Gasteiger partial charge >= 0.3 is 0 Å². The van der Waals surface area contributed by atoms with E-state index in [1.54, 1.807) is 13.2 Å². The monoisotopic (exact) mass is 385 g/mol. The molecule has 0 saturated carbocycles. The summed E-state index contributed by atoms with van der Waals surface area (Å²) in [6.07, 6.45) is 3.01. The summed E-state index contributed by atoms with van der Waals surface area (Å²) in [6.45, 7) is 4.80. The van der Waals surface area contributed by atoms with E-state index in [0.717, 1.165) is 61.5 Å². The van der Waals surface area contributed by atoms with E-state index in [-0.39, 0.29) is 0 Å². The lowest BCUT2D eigenvalue weighted by Gasteiger charge is -2.36. The summed E-state index contributed by atoms with van der Waals surface area (Å²) < 4.78 is 5.49. The number of nitriles is 2. The number of rotatable bonds is 5. The van der Waals surface area contributed by atoms with E-state index in [0.29, 0.717) is 11.1 Å². The van der Waals surface area contributed by atoms with Gasteiger partial charge in [0.25, 0.3) is 0 Å². The van der Waals surface area contributed by atoms with Crippen LogP contribution < -0.4 is 9.64 Å². The van der Waals surface area contributed by atoms with Crippen molar-refractivity contribution in [2.75, 3.05) is 44.7 Å². The van der Waals surface area contributed by atoms with Crippen LogP contribution in [0.25, 0.3) is 10.9 Å². The minimum Gasteiger partial charge on any atom is -0.495 e. The fraction of sp³-hybridized carbons (Fsp3) is 0.304. The number of piperazine rings is 1. The molecule has 0 unspecified atom stereocenters. The summed E-state index contributed by atoms with van der Waals surface area (Å²) in [6, 6.07) is 15.8. The van der Waals surface area contributed by atoms with Crippen molar-refractivity contribution < 1.29 is 4.74 Å². The van der Waals surface area contributed by atoms with Gasteiger partial charge in [-0.3, -0.25) is 4.90 Å². The molecule has 6 nitrogen and oxygen atoms in total. The summed E-state index contributed by atoms with van der Waals surface area (Å²) in [5.74, 6) is 0.754. The normalized spacial score (nSPS) is 14.5. The van der Waals surface area contributed by atoms with Crippen molar-refractivity contribution in [1.82, 2.24) is 9.88 Å². The highest BCUT2D eigenvalue weighted by Gasteiger charge is 2.20. The number of aromatic amines is 1. The number of nitrogens with zero attached hydrogens (tertiary/aromatic N) is 4. The molecule has 146 valence electrons. The number of aromatic nitrogens is 1. The number of benzene rings is 2. The molecule has 1 saturated heterocycles. The van der Waals surface area contributed by atoms with Crippen LogP contribution >= 0.6 is 0 Å². The Morgan fingerprint density at radius 3 is 2.45 bits per heavy atom. The molecule has 0 amide bonds. The largest absolute Gasteiger partial charge is 0.495 e. The lowest BCUT2D eigenvalue weighted by Crippen LogP contribution is -2.47. The summed E-state index contributed by atoms with van der Waals surface area (Å²) in [7, 11) is 1.65. The number of hydrogen-bond acceptors (Lipinski definition) is 5. The van der Waals surface area contributed by atoms with E-state index in [9.17, 15) is 0 Å². The van der Waals surface area contributed by atoms with Gasteiger partial charge in [0.05, 0.1) is 36.1 Å². The third-order valence-electron chi connectivity index (χ3n) is 5.62. The van der Waals surface area contributed by atoms with Gasteiger partial charge < -0.3 is 14.6 Å². The summed E-state index contributed by atoms with van der Waals surface area (Å²) in [5, 5.41) is 19.4. The molecule has 1 aliphatic heterocycles. The quantitative estimate of drug-likeness (QED) is 0.729. The molecule has 2 aromatic carbocycles. The Morgan fingerprint density at radius 2 is 1.72 bits per heavy atom. The Kier molecular flexibility index (Phi) is 5.37. The summed E-state index contributed by atoms with van der Waals surface area (Å²) >= 11 is 0. The smallest absolute Gasteiger partial charge is 0.143 e. The fourth-order valence-electron chi connectivity index (χ4n) is 3.95. The van der Waals surface area contributed by atoms with Gasteiger partial charge in [-0.2, -0.15) is 10.5 Å². The minimum atomic E-state index is 0.613. The van der Waals surface area contributed by atoms with Gasteiger partial charge in [0.2, 0.25) is 0 Å².